The van der Waals surface area contributed by atoms with E-state index in [0.29, 0.717) is 22.3 Å². The maximum Gasteiger partial charge on any atom is 0.262 e. The molecule has 0 spiro atoms. The predicted octanol–water partition coefficient (Wildman–Crippen LogP) is 2.78. The number of aromatic nitrogens is 4. The molecule has 0 atom stereocenters. The highest BCUT2D eigenvalue weighted by Gasteiger charge is 2.22. The first-order valence-electron chi connectivity index (χ1n) is 8.73. The van der Waals surface area contributed by atoms with Gasteiger partial charge in [0.2, 0.25) is 0 Å². The zero-order chi connectivity index (χ0) is 18.5. The van der Waals surface area contributed by atoms with Gasteiger partial charge in [0, 0.05) is 29.9 Å². The van der Waals surface area contributed by atoms with Crippen LogP contribution in [0.5, 0.6) is 0 Å². The van der Waals surface area contributed by atoms with E-state index in [1.54, 1.807) is 35.2 Å². The number of rotatable bonds is 3. The first-order valence-corrected chi connectivity index (χ1v) is 10.5. The Kier molecular flexibility index (Phi) is 3.91. The Morgan fingerprint density at radius 2 is 2.11 bits per heavy atom. The van der Waals surface area contributed by atoms with Crippen LogP contribution in [-0.4, -0.2) is 18.9 Å². The van der Waals surface area contributed by atoms with Gasteiger partial charge in [0.15, 0.2) is 5.16 Å². The van der Waals surface area contributed by atoms with Crippen LogP contribution in [-0.2, 0) is 25.6 Å². The van der Waals surface area contributed by atoms with Crippen molar-refractivity contribution < 1.29 is 0 Å². The smallest absolute Gasteiger partial charge is 0.262 e. The summed E-state index contributed by atoms with van der Waals surface area (Å²) >= 11 is 3.08. The van der Waals surface area contributed by atoms with E-state index >= 15 is 0 Å². The van der Waals surface area contributed by atoms with Crippen LogP contribution in [0.3, 0.4) is 0 Å². The number of pyridine rings is 1. The lowest BCUT2D eigenvalue weighted by Gasteiger charge is -2.08. The van der Waals surface area contributed by atoms with E-state index in [4.69, 9.17) is 4.98 Å². The van der Waals surface area contributed by atoms with Crippen LogP contribution in [0.4, 0.5) is 0 Å². The number of thiophene rings is 1. The van der Waals surface area contributed by atoms with Gasteiger partial charge in [-0.05, 0) is 37.0 Å². The molecule has 0 fully saturated rings. The fraction of sp³-hybridized carbons (Fsp3) is 0.263. The van der Waals surface area contributed by atoms with E-state index < -0.39 is 0 Å². The molecule has 0 unspecified atom stereocenters. The molecule has 27 heavy (non-hydrogen) atoms. The molecule has 0 radical (unpaired) electrons. The Morgan fingerprint density at radius 1 is 1.22 bits per heavy atom. The number of nitrogens with zero attached hydrogens (tertiary/aromatic N) is 4. The minimum atomic E-state index is -0.108. The van der Waals surface area contributed by atoms with Gasteiger partial charge >= 0.3 is 0 Å². The maximum atomic E-state index is 12.9. The molecule has 0 aliphatic heterocycles. The summed E-state index contributed by atoms with van der Waals surface area (Å²) < 4.78 is 3.13. The van der Waals surface area contributed by atoms with Crippen LogP contribution in [0.1, 0.15) is 22.6 Å². The molecule has 1 aliphatic rings. The summed E-state index contributed by atoms with van der Waals surface area (Å²) in [6.07, 6.45) is 4.85. The van der Waals surface area contributed by atoms with Gasteiger partial charge in [0.1, 0.15) is 10.5 Å². The Morgan fingerprint density at radius 3 is 3.00 bits per heavy atom. The molecule has 0 amide bonds. The third kappa shape index (κ3) is 2.71. The molecular formula is C19H16N4O2S2. The van der Waals surface area contributed by atoms with E-state index in [1.165, 1.54) is 32.7 Å². The molecule has 0 saturated carbocycles. The fourth-order valence-corrected chi connectivity index (χ4v) is 5.72. The van der Waals surface area contributed by atoms with Gasteiger partial charge in [-0.2, -0.15) is 0 Å². The molecule has 5 rings (SSSR count). The molecule has 4 aromatic rings. The minimum Gasteiger partial charge on any atom is -0.290 e. The van der Waals surface area contributed by atoms with Crippen molar-refractivity contribution in [3.63, 3.8) is 0 Å². The molecule has 4 aromatic heterocycles. The van der Waals surface area contributed by atoms with Crippen molar-refractivity contribution in [3.05, 3.63) is 67.3 Å². The quantitative estimate of drug-likeness (QED) is 0.393. The molecule has 136 valence electrons. The third-order valence-electron chi connectivity index (χ3n) is 4.88. The van der Waals surface area contributed by atoms with E-state index in [1.807, 2.05) is 12.1 Å². The molecular weight excluding hydrogens is 380 g/mol. The number of hydrogen-bond donors (Lipinski definition) is 0. The van der Waals surface area contributed by atoms with Crippen LogP contribution in [0, 0.1) is 0 Å². The third-order valence-corrected chi connectivity index (χ3v) is 7.13. The summed E-state index contributed by atoms with van der Waals surface area (Å²) in [6.45, 7) is 0. The first-order chi connectivity index (χ1) is 13.1. The van der Waals surface area contributed by atoms with Crippen molar-refractivity contribution in [1.29, 1.82) is 0 Å². The zero-order valence-electron chi connectivity index (χ0n) is 14.6. The molecule has 6 nitrogen and oxygen atoms in total. The fourth-order valence-electron chi connectivity index (χ4n) is 3.55. The Hall–Kier alpha value is -2.45. The Balaban J connectivity index is 1.51. The highest BCUT2D eigenvalue weighted by Crippen LogP contribution is 2.35. The average molecular weight is 396 g/mol. The van der Waals surface area contributed by atoms with Crippen LogP contribution in [0.25, 0.3) is 15.9 Å². The molecule has 0 aromatic carbocycles. The van der Waals surface area contributed by atoms with Crippen molar-refractivity contribution in [2.75, 3.05) is 0 Å². The van der Waals surface area contributed by atoms with Gasteiger partial charge in [0.05, 0.1) is 11.1 Å². The second-order valence-electron chi connectivity index (χ2n) is 6.60. The summed E-state index contributed by atoms with van der Waals surface area (Å²) in [5, 5.41) is 1.45. The zero-order valence-corrected chi connectivity index (χ0v) is 16.3. The lowest BCUT2D eigenvalue weighted by molar-refractivity contribution is 0.726. The van der Waals surface area contributed by atoms with Crippen molar-refractivity contribution >= 4 is 39.0 Å². The lowest BCUT2D eigenvalue weighted by atomic mass is 10.2. The molecule has 0 N–H and O–H groups in total. The maximum absolute atomic E-state index is 12.9. The van der Waals surface area contributed by atoms with Crippen LogP contribution < -0.4 is 11.1 Å². The average Bonchev–Trinajstić information content (AvgIpc) is 3.24. The number of aryl methyl sites for hydroxylation is 2. The van der Waals surface area contributed by atoms with Gasteiger partial charge in [-0.25, -0.2) is 9.97 Å². The summed E-state index contributed by atoms with van der Waals surface area (Å²) in [5.74, 6) is 0.484. The summed E-state index contributed by atoms with van der Waals surface area (Å²) in [7, 11) is 1.76. The second kappa shape index (κ2) is 6.31. The Labute approximate surface area is 162 Å². The standard InChI is InChI=1S/C19H16N4O2S2/c1-22-18(25)16-12-5-4-6-13(12)27-17(16)21-19(22)26-10-11-9-15(24)23-8-3-2-7-14(23)20-11/h2-3,7-9H,4-6,10H2,1H3. The largest absolute Gasteiger partial charge is 0.290 e. The number of hydrogen-bond acceptors (Lipinski definition) is 6. The normalized spacial score (nSPS) is 13.5. The van der Waals surface area contributed by atoms with Crippen molar-refractivity contribution in [1.82, 2.24) is 18.9 Å². The SMILES string of the molecule is Cn1c(SCc2cc(=O)n3ccccc3n2)nc2sc3c(c2c1=O)CCC3. The van der Waals surface area contributed by atoms with E-state index in [9.17, 15) is 9.59 Å². The Bertz CT molecular complexity index is 1320. The number of fused-ring (bicyclic) bond motifs is 4. The van der Waals surface area contributed by atoms with Crippen LogP contribution in [0.15, 0.2) is 45.2 Å². The second-order valence-corrected chi connectivity index (χ2v) is 8.63. The summed E-state index contributed by atoms with van der Waals surface area (Å²) in [5.41, 5.74) is 2.41. The molecule has 0 bridgehead atoms. The molecule has 8 heteroatoms. The topological polar surface area (TPSA) is 69.3 Å². The van der Waals surface area contributed by atoms with E-state index in [0.717, 1.165) is 29.5 Å². The van der Waals surface area contributed by atoms with E-state index in [2.05, 4.69) is 4.98 Å². The van der Waals surface area contributed by atoms with Crippen LogP contribution >= 0.6 is 23.1 Å². The van der Waals surface area contributed by atoms with Gasteiger partial charge in [0.25, 0.3) is 11.1 Å². The minimum absolute atomic E-state index is 0.0217. The van der Waals surface area contributed by atoms with Crippen molar-refractivity contribution in [3.8, 4) is 0 Å². The van der Waals surface area contributed by atoms with Gasteiger partial charge in [-0.3, -0.25) is 18.6 Å². The first kappa shape index (κ1) is 16.7. The summed E-state index contributed by atoms with van der Waals surface area (Å²) in [6, 6.07) is 7.00. The molecule has 0 saturated heterocycles. The predicted molar refractivity (Wildman–Crippen MR) is 108 cm³/mol. The lowest BCUT2D eigenvalue weighted by Crippen LogP contribution is -2.20. The van der Waals surface area contributed by atoms with Crippen molar-refractivity contribution in [2.24, 2.45) is 7.05 Å². The summed E-state index contributed by atoms with van der Waals surface area (Å²) in [4.78, 5) is 36.5. The number of thioether (sulfide) groups is 1. The van der Waals surface area contributed by atoms with E-state index in [-0.39, 0.29) is 11.1 Å². The molecule has 1 aliphatic carbocycles. The van der Waals surface area contributed by atoms with Gasteiger partial charge in [-0.15, -0.1) is 11.3 Å². The highest BCUT2D eigenvalue weighted by atomic mass is 32.2. The van der Waals surface area contributed by atoms with Crippen LogP contribution in [0.2, 0.25) is 0 Å². The van der Waals surface area contributed by atoms with Crippen molar-refractivity contribution in [2.45, 2.75) is 30.2 Å². The highest BCUT2D eigenvalue weighted by molar-refractivity contribution is 7.98. The molecule has 4 heterocycles. The van der Waals surface area contributed by atoms with Gasteiger partial charge < -0.3 is 0 Å². The monoisotopic (exact) mass is 396 g/mol. The van der Waals surface area contributed by atoms with Gasteiger partial charge in [-0.1, -0.05) is 17.8 Å².